The van der Waals surface area contributed by atoms with Gasteiger partial charge in [0, 0.05) is 25.3 Å². The van der Waals surface area contributed by atoms with Gasteiger partial charge in [-0.1, -0.05) is 0 Å². The Morgan fingerprint density at radius 2 is 1.95 bits per heavy atom. The Kier molecular flexibility index (Phi) is 4.74. The van der Waals surface area contributed by atoms with Crippen LogP contribution in [0.2, 0.25) is 0 Å². The molecule has 1 aliphatic heterocycles. The molecule has 1 unspecified atom stereocenters. The van der Waals surface area contributed by atoms with Gasteiger partial charge in [0.2, 0.25) is 0 Å². The van der Waals surface area contributed by atoms with E-state index in [2.05, 4.69) is 10.6 Å². The topological polar surface area (TPSA) is 67.4 Å². The summed E-state index contributed by atoms with van der Waals surface area (Å²) in [4.78, 5) is -0.767. The van der Waals surface area contributed by atoms with Crippen molar-refractivity contribution in [3.63, 3.8) is 0 Å². The van der Waals surface area contributed by atoms with Crippen LogP contribution in [0.5, 0.6) is 0 Å². The second-order valence-corrected chi connectivity index (χ2v) is 6.49. The zero-order chi connectivity index (χ0) is 15.5. The van der Waals surface area contributed by atoms with Gasteiger partial charge in [-0.3, -0.25) is 0 Å². The Bertz CT molecular complexity index is 566. The maximum absolute atomic E-state index is 12.4. The summed E-state index contributed by atoms with van der Waals surface area (Å²) in [6.45, 7) is 2.57. The van der Waals surface area contributed by atoms with Gasteiger partial charge in [0.1, 0.15) is 0 Å². The fourth-order valence-electron chi connectivity index (χ4n) is 1.87. The van der Waals surface area contributed by atoms with Crippen LogP contribution in [-0.4, -0.2) is 46.3 Å². The lowest BCUT2D eigenvalue weighted by atomic mass is 10.2. The van der Waals surface area contributed by atoms with E-state index in [-0.39, 0.29) is 6.10 Å². The summed E-state index contributed by atoms with van der Waals surface area (Å²) in [6.07, 6.45) is -0.0302. The predicted octanol–water partition coefficient (Wildman–Crippen LogP) is 1.38. The maximum Gasteiger partial charge on any atom is 0.501 e. The van der Waals surface area contributed by atoms with Crippen molar-refractivity contribution in [3.05, 3.63) is 24.3 Å². The molecule has 2 rings (SSSR count). The molecule has 1 aromatic rings. The first-order valence-corrected chi connectivity index (χ1v) is 7.76. The summed E-state index contributed by atoms with van der Waals surface area (Å²) < 4.78 is 65.0. The smallest absolute Gasteiger partial charge is 0.382 e. The Morgan fingerprint density at radius 3 is 2.48 bits per heavy atom. The number of nitrogens with one attached hydrogen (secondary N) is 2. The van der Waals surface area contributed by atoms with Crippen molar-refractivity contribution in [3.8, 4) is 0 Å². The molecule has 1 aliphatic rings. The lowest BCUT2D eigenvalue weighted by Crippen LogP contribution is -2.42. The van der Waals surface area contributed by atoms with Crippen molar-refractivity contribution in [2.75, 3.05) is 31.6 Å². The molecule has 1 heterocycles. The standard InChI is InChI=1S/C12H15F3N2O3S/c13-12(14,15)21(18,19)11-3-1-9(2-4-11)17-8-10-7-16-5-6-20-10/h1-4,10,16-17H,5-8H2. The van der Waals surface area contributed by atoms with Crippen LogP contribution < -0.4 is 10.6 Å². The van der Waals surface area contributed by atoms with Gasteiger partial charge in [-0.25, -0.2) is 8.42 Å². The molecule has 118 valence electrons. The highest BCUT2D eigenvalue weighted by molar-refractivity contribution is 7.92. The van der Waals surface area contributed by atoms with Crippen molar-refractivity contribution in [2.24, 2.45) is 0 Å². The monoisotopic (exact) mass is 324 g/mol. The van der Waals surface area contributed by atoms with Crippen LogP contribution in [0.3, 0.4) is 0 Å². The zero-order valence-corrected chi connectivity index (χ0v) is 11.8. The fraction of sp³-hybridized carbons (Fsp3) is 0.500. The molecule has 0 saturated carbocycles. The second kappa shape index (κ2) is 6.20. The molecule has 0 aromatic heterocycles. The molecule has 9 heteroatoms. The average molecular weight is 324 g/mol. The van der Waals surface area contributed by atoms with Gasteiger partial charge in [0.05, 0.1) is 17.6 Å². The molecule has 5 nitrogen and oxygen atoms in total. The number of benzene rings is 1. The lowest BCUT2D eigenvalue weighted by molar-refractivity contribution is -0.0436. The number of halogens is 3. The molecule has 1 aromatic carbocycles. The maximum atomic E-state index is 12.4. The Morgan fingerprint density at radius 1 is 1.29 bits per heavy atom. The SMILES string of the molecule is O=S(=O)(c1ccc(NCC2CNCCO2)cc1)C(F)(F)F. The highest BCUT2D eigenvalue weighted by atomic mass is 32.2. The quantitative estimate of drug-likeness (QED) is 0.876. The molecule has 0 amide bonds. The van der Waals surface area contributed by atoms with Gasteiger partial charge in [-0.05, 0) is 24.3 Å². The van der Waals surface area contributed by atoms with E-state index < -0.39 is 20.2 Å². The Labute approximate surface area is 120 Å². The van der Waals surface area contributed by atoms with E-state index in [0.717, 1.165) is 18.7 Å². The van der Waals surface area contributed by atoms with E-state index in [4.69, 9.17) is 4.74 Å². The Balaban J connectivity index is 1.99. The highest BCUT2D eigenvalue weighted by Gasteiger charge is 2.46. The third-order valence-electron chi connectivity index (χ3n) is 3.01. The van der Waals surface area contributed by atoms with Crippen LogP contribution in [0.15, 0.2) is 29.2 Å². The minimum absolute atomic E-state index is 0.0302. The van der Waals surface area contributed by atoms with Crippen LogP contribution in [0.25, 0.3) is 0 Å². The van der Waals surface area contributed by atoms with Crippen molar-refractivity contribution in [1.29, 1.82) is 0 Å². The molecule has 1 fully saturated rings. The van der Waals surface area contributed by atoms with Crippen molar-refractivity contribution in [1.82, 2.24) is 5.32 Å². The van der Waals surface area contributed by atoms with E-state index in [9.17, 15) is 21.6 Å². The number of anilines is 1. The predicted molar refractivity (Wildman–Crippen MR) is 70.8 cm³/mol. The highest BCUT2D eigenvalue weighted by Crippen LogP contribution is 2.30. The summed E-state index contributed by atoms with van der Waals surface area (Å²) in [5.41, 5.74) is -4.76. The summed E-state index contributed by atoms with van der Waals surface area (Å²) in [7, 11) is -5.29. The van der Waals surface area contributed by atoms with E-state index in [1.165, 1.54) is 12.1 Å². The summed E-state index contributed by atoms with van der Waals surface area (Å²) in [6, 6.07) is 4.47. The van der Waals surface area contributed by atoms with Crippen molar-refractivity contribution < 1.29 is 26.3 Å². The van der Waals surface area contributed by atoms with Gasteiger partial charge < -0.3 is 15.4 Å². The summed E-state index contributed by atoms with van der Waals surface area (Å²) in [5, 5.41) is 6.14. The van der Waals surface area contributed by atoms with E-state index >= 15 is 0 Å². The van der Waals surface area contributed by atoms with Crippen LogP contribution in [0.1, 0.15) is 0 Å². The minimum Gasteiger partial charge on any atom is -0.382 e. The van der Waals surface area contributed by atoms with E-state index in [1.54, 1.807) is 0 Å². The molecule has 1 saturated heterocycles. The van der Waals surface area contributed by atoms with Crippen LogP contribution in [0.4, 0.5) is 18.9 Å². The third kappa shape index (κ3) is 3.86. The number of alkyl halides is 3. The molecular weight excluding hydrogens is 309 g/mol. The molecule has 2 N–H and O–H groups in total. The summed E-state index contributed by atoms with van der Waals surface area (Å²) in [5.74, 6) is 0. The Hall–Kier alpha value is -1.32. The summed E-state index contributed by atoms with van der Waals surface area (Å²) >= 11 is 0. The van der Waals surface area contributed by atoms with Gasteiger partial charge in [0.15, 0.2) is 0 Å². The number of ether oxygens (including phenoxy) is 1. The fourth-order valence-corrected chi connectivity index (χ4v) is 2.63. The molecule has 0 bridgehead atoms. The molecule has 0 radical (unpaired) electrons. The lowest BCUT2D eigenvalue weighted by Gasteiger charge is -2.24. The number of hydrogen-bond donors (Lipinski definition) is 2. The number of morpholine rings is 1. The van der Waals surface area contributed by atoms with Gasteiger partial charge in [-0.15, -0.1) is 0 Å². The van der Waals surface area contributed by atoms with Gasteiger partial charge >= 0.3 is 5.51 Å². The average Bonchev–Trinajstić information content (AvgIpc) is 2.45. The molecule has 0 aliphatic carbocycles. The van der Waals surface area contributed by atoms with Crippen LogP contribution in [-0.2, 0) is 14.6 Å². The molecule has 1 atom stereocenters. The molecule has 21 heavy (non-hydrogen) atoms. The first-order chi connectivity index (χ1) is 9.80. The first kappa shape index (κ1) is 16.1. The largest absolute Gasteiger partial charge is 0.501 e. The van der Waals surface area contributed by atoms with E-state index in [0.29, 0.717) is 25.4 Å². The van der Waals surface area contributed by atoms with Crippen molar-refractivity contribution in [2.45, 2.75) is 16.5 Å². The van der Waals surface area contributed by atoms with Gasteiger partial charge in [0.25, 0.3) is 9.84 Å². The van der Waals surface area contributed by atoms with Crippen molar-refractivity contribution >= 4 is 15.5 Å². The van der Waals surface area contributed by atoms with Crippen LogP contribution >= 0.6 is 0 Å². The number of rotatable bonds is 4. The molecular formula is C12H15F3N2O3S. The van der Waals surface area contributed by atoms with E-state index in [1.807, 2.05) is 0 Å². The second-order valence-electron chi connectivity index (χ2n) is 4.55. The first-order valence-electron chi connectivity index (χ1n) is 6.28. The third-order valence-corrected chi connectivity index (χ3v) is 4.51. The van der Waals surface area contributed by atoms with Gasteiger partial charge in [-0.2, -0.15) is 13.2 Å². The molecule has 0 spiro atoms. The number of sulfone groups is 1. The number of hydrogen-bond acceptors (Lipinski definition) is 5. The minimum atomic E-state index is -5.29. The van der Waals surface area contributed by atoms with Crippen LogP contribution in [0, 0.1) is 0 Å². The normalized spacial score (nSPS) is 20.2. The zero-order valence-electron chi connectivity index (χ0n) is 11.0.